The van der Waals surface area contributed by atoms with E-state index in [-0.39, 0.29) is 5.91 Å². The Morgan fingerprint density at radius 1 is 1.00 bits per heavy atom. The second-order valence-electron chi connectivity index (χ2n) is 5.01. The third-order valence-corrected chi connectivity index (χ3v) is 4.89. The van der Waals surface area contributed by atoms with Gasteiger partial charge < -0.3 is 5.32 Å². The van der Waals surface area contributed by atoms with Crippen LogP contribution >= 0.6 is 34.5 Å². The van der Waals surface area contributed by atoms with Crippen LogP contribution in [0.15, 0.2) is 60.7 Å². The van der Waals surface area contributed by atoms with Crippen LogP contribution in [0.5, 0.6) is 0 Å². The van der Waals surface area contributed by atoms with Crippen molar-refractivity contribution < 1.29 is 4.79 Å². The van der Waals surface area contributed by atoms with E-state index in [1.54, 1.807) is 6.07 Å². The number of amides is 1. The second kappa shape index (κ2) is 7.18. The summed E-state index contributed by atoms with van der Waals surface area (Å²) in [5, 5.41) is 2.93. The number of para-hydroxylation sites is 1. The van der Waals surface area contributed by atoms with Gasteiger partial charge in [-0.25, -0.2) is 0 Å². The van der Waals surface area contributed by atoms with Gasteiger partial charge in [0.05, 0.1) is 9.90 Å². The van der Waals surface area contributed by atoms with Gasteiger partial charge in [0.2, 0.25) is 0 Å². The van der Waals surface area contributed by atoms with Crippen molar-refractivity contribution in [2.24, 2.45) is 0 Å². The molecule has 0 aliphatic carbocycles. The number of hydrogen-bond acceptors (Lipinski definition) is 2. The molecule has 23 heavy (non-hydrogen) atoms. The summed E-state index contributed by atoms with van der Waals surface area (Å²) in [6.07, 6.45) is 0.745. The van der Waals surface area contributed by atoms with Crippen LogP contribution < -0.4 is 5.32 Å². The average Bonchev–Trinajstić information content (AvgIpc) is 2.89. The molecule has 0 saturated heterocycles. The number of nitrogens with one attached hydrogen (secondary N) is 1. The smallest absolute Gasteiger partial charge is 0.258 e. The molecule has 0 fully saturated rings. The molecule has 1 N–H and O–H groups in total. The van der Waals surface area contributed by atoms with Crippen molar-refractivity contribution in [3.8, 4) is 0 Å². The lowest BCUT2D eigenvalue weighted by Crippen LogP contribution is -2.13. The molecule has 1 heterocycles. The van der Waals surface area contributed by atoms with Crippen LogP contribution in [0.4, 0.5) is 5.69 Å². The Kier molecular flexibility index (Phi) is 5.01. The maximum atomic E-state index is 12.4. The molecule has 3 rings (SSSR count). The van der Waals surface area contributed by atoms with Crippen LogP contribution in [0.25, 0.3) is 0 Å². The minimum atomic E-state index is -0.251. The molecule has 0 radical (unpaired) electrons. The summed E-state index contributed by atoms with van der Waals surface area (Å²) in [7, 11) is 0. The molecule has 0 aliphatic heterocycles. The van der Waals surface area contributed by atoms with E-state index in [4.69, 9.17) is 23.2 Å². The quantitative estimate of drug-likeness (QED) is 0.615. The standard InChI is InChI=1S/C18H13Cl2NOS/c19-16-11-14(17(20)23-16)18(22)21-15-9-5-4-8-13(15)10-12-6-2-1-3-7-12/h1-9,11H,10H2,(H,21,22). The highest BCUT2D eigenvalue weighted by atomic mass is 35.5. The van der Waals surface area contributed by atoms with Crippen molar-refractivity contribution in [2.45, 2.75) is 6.42 Å². The molecule has 3 aromatic rings. The number of benzene rings is 2. The zero-order chi connectivity index (χ0) is 16.2. The monoisotopic (exact) mass is 361 g/mol. The highest BCUT2D eigenvalue weighted by molar-refractivity contribution is 7.20. The molecule has 5 heteroatoms. The fraction of sp³-hybridized carbons (Fsp3) is 0.0556. The Morgan fingerprint density at radius 3 is 2.39 bits per heavy atom. The molecule has 2 nitrogen and oxygen atoms in total. The molecule has 1 aromatic heterocycles. The molecule has 0 aliphatic rings. The normalized spacial score (nSPS) is 10.5. The lowest BCUT2D eigenvalue weighted by Gasteiger charge is -2.11. The fourth-order valence-corrected chi connectivity index (χ4v) is 3.76. The van der Waals surface area contributed by atoms with Crippen molar-refractivity contribution in [2.75, 3.05) is 5.32 Å². The maximum absolute atomic E-state index is 12.4. The van der Waals surface area contributed by atoms with E-state index in [0.717, 1.165) is 17.7 Å². The lowest BCUT2D eigenvalue weighted by atomic mass is 10.0. The second-order valence-corrected chi connectivity index (χ2v) is 7.30. The van der Waals surface area contributed by atoms with Gasteiger partial charge in [0.1, 0.15) is 4.34 Å². The zero-order valence-corrected chi connectivity index (χ0v) is 14.4. The van der Waals surface area contributed by atoms with E-state index >= 15 is 0 Å². The van der Waals surface area contributed by atoms with Crippen molar-refractivity contribution in [1.82, 2.24) is 0 Å². The van der Waals surface area contributed by atoms with Gasteiger partial charge in [0, 0.05) is 5.69 Å². The molecule has 116 valence electrons. The summed E-state index contributed by atoms with van der Waals surface area (Å²) in [6.45, 7) is 0. The van der Waals surface area contributed by atoms with E-state index in [9.17, 15) is 4.79 Å². The molecular formula is C18H13Cl2NOS. The van der Waals surface area contributed by atoms with E-state index < -0.39 is 0 Å². The lowest BCUT2D eigenvalue weighted by molar-refractivity contribution is 0.102. The minimum Gasteiger partial charge on any atom is -0.322 e. The Labute approximate surface area is 148 Å². The third-order valence-electron chi connectivity index (χ3n) is 3.40. The highest BCUT2D eigenvalue weighted by Crippen LogP contribution is 2.32. The van der Waals surface area contributed by atoms with Gasteiger partial charge in [-0.3, -0.25) is 4.79 Å². The van der Waals surface area contributed by atoms with Gasteiger partial charge in [-0.1, -0.05) is 71.7 Å². The first kappa shape index (κ1) is 16.1. The Hall–Kier alpha value is -1.81. The summed E-state index contributed by atoms with van der Waals surface area (Å²) < 4.78 is 0.894. The van der Waals surface area contributed by atoms with Gasteiger partial charge in [0.25, 0.3) is 5.91 Å². The summed E-state index contributed by atoms with van der Waals surface area (Å²) in [4.78, 5) is 12.4. The van der Waals surface area contributed by atoms with Crippen molar-refractivity contribution >= 4 is 46.1 Å². The number of rotatable bonds is 4. The van der Waals surface area contributed by atoms with Crippen molar-refractivity contribution in [1.29, 1.82) is 0 Å². The van der Waals surface area contributed by atoms with Crippen LogP contribution in [0.2, 0.25) is 8.67 Å². The fourth-order valence-electron chi connectivity index (χ4n) is 2.30. The molecule has 0 bridgehead atoms. The Morgan fingerprint density at radius 2 is 1.70 bits per heavy atom. The Balaban J connectivity index is 1.83. The van der Waals surface area contributed by atoms with E-state index in [0.29, 0.717) is 14.2 Å². The molecule has 1 amide bonds. The van der Waals surface area contributed by atoms with Gasteiger partial charge in [0.15, 0.2) is 0 Å². The first-order valence-corrected chi connectivity index (χ1v) is 8.59. The topological polar surface area (TPSA) is 29.1 Å². The summed E-state index contributed by atoms with van der Waals surface area (Å²) in [5.41, 5.74) is 3.41. The van der Waals surface area contributed by atoms with Crippen LogP contribution in [0.1, 0.15) is 21.5 Å². The number of halogens is 2. The predicted octanol–water partition coefficient (Wildman–Crippen LogP) is 5.90. The molecule has 0 saturated carbocycles. The molecule has 0 unspecified atom stereocenters. The first-order valence-electron chi connectivity index (χ1n) is 7.01. The summed E-state index contributed by atoms with van der Waals surface area (Å²) in [6, 6.07) is 19.5. The van der Waals surface area contributed by atoms with Gasteiger partial charge in [-0.05, 0) is 29.7 Å². The average molecular weight is 362 g/mol. The third kappa shape index (κ3) is 3.94. The highest BCUT2D eigenvalue weighted by Gasteiger charge is 2.15. The molecule has 2 aromatic carbocycles. The van der Waals surface area contributed by atoms with Crippen molar-refractivity contribution in [3.63, 3.8) is 0 Å². The van der Waals surface area contributed by atoms with Gasteiger partial charge in [-0.2, -0.15) is 0 Å². The number of anilines is 1. The zero-order valence-electron chi connectivity index (χ0n) is 12.1. The number of carbonyl (C=O) groups excluding carboxylic acids is 1. The van der Waals surface area contributed by atoms with Gasteiger partial charge >= 0.3 is 0 Å². The molecular weight excluding hydrogens is 349 g/mol. The summed E-state index contributed by atoms with van der Waals surface area (Å²) >= 11 is 13.1. The number of thiophene rings is 1. The minimum absolute atomic E-state index is 0.251. The van der Waals surface area contributed by atoms with E-state index in [1.165, 1.54) is 16.9 Å². The van der Waals surface area contributed by atoms with Crippen LogP contribution in [0.3, 0.4) is 0 Å². The van der Waals surface area contributed by atoms with Crippen LogP contribution in [-0.4, -0.2) is 5.91 Å². The number of carbonyl (C=O) groups is 1. The van der Waals surface area contributed by atoms with Crippen LogP contribution in [0, 0.1) is 0 Å². The first-order chi connectivity index (χ1) is 11.1. The van der Waals surface area contributed by atoms with Crippen LogP contribution in [-0.2, 0) is 6.42 Å². The largest absolute Gasteiger partial charge is 0.322 e. The molecule has 0 atom stereocenters. The maximum Gasteiger partial charge on any atom is 0.258 e. The van der Waals surface area contributed by atoms with Gasteiger partial charge in [-0.15, -0.1) is 11.3 Å². The molecule has 0 spiro atoms. The van der Waals surface area contributed by atoms with E-state index in [2.05, 4.69) is 17.4 Å². The summed E-state index contributed by atoms with van der Waals surface area (Å²) in [5.74, 6) is -0.251. The number of hydrogen-bond donors (Lipinski definition) is 1. The van der Waals surface area contributed by atoms with E-state index in [1.807, 2.05) is 42.5 Å². The van der Waals surface area contributed by atoms with Crippen molar-refractivity contribution in [3.05, 3.63) is 86.0 Å². The SMILES string of the molecule is O=C(Nc1ccccc1Cc1ccccc1)c1cc(Cl)sc1Cl. The Bertz CT molecular complexity index is 830. The predicted molar refractivity (Wildman–Crippen MR) is 98.0 cm³/mol.